The minimum atomic E-state index is -1.09. The number of hydrogen-bond acceptors (Lipinski definition) is 14. The monoisotopic (exact) mass is 784 g/mol. The van der Waals surface area contributed by atoms with E-state index >= 15 is 0 Å². The van der Waals surface area contributed by atoms with Gasteiger partial charge < -0.3 is 43.2 Å². The summed E-state index contributed by atoms with van der Waals surface area (Å²) < 4.78 is 41.2. The van der Waals surface area contributed by atoms with Crippen LogP contribution in [-0.2, 0) is 65.5 Å². The number of carbonyl (C=O) groups is 3. The lowest BCUT2D eigenvalue weighted by Crippen LogP contribution is -2.60. The first-order valence-electron chi connectivity index (χ1n) is 18.5. The molecule has 0 aromatic heterocycles. The van der Waals surface area contributed by atoms with E-state index in [4.69, 9.17) is 42.7 Å². The molecule has 1 N–H and O–H groups in total. The highest BCUT2D eigenvalue weighted by Crippen LogP contribution is 2.36. The quantitative estimate of drug-likeness (QED) is 0.0552. The Kier molecular flexibility index (Phi) is 19.5. The second kappa shape index (κ2) is 23.9. The van der Waals surface area contributed by atoms with E-state index in [9.17, 15) is 25.0 Å². The van der Waals surface area contributed by atoms with Crippen molar-refractivity contribution in [3.8, 4) is 0 Å². The number of unbranched alkanes of at least 4 members (excludes halogenated alkanes) is 2. The first-order chi connectivity index (χ1) is 26.9. The van der Waals surface area contributed by atoms with Crippen molar-refractivity contribution in [3.63, 3.8) is 0 Å². The van der Waals surface area contributed by atoms with E-state index in [0.717, 1.165) is 11.1 Å². The van der Waals surface area contributed by atoms with Crippen LogP contribution in [0.25, 0.3) is 10.4 Å². The van der Waals surface area contributed by atoms with Crippen LogP contribution in [-0.4, -0.2) is 103 Å². The zero-order valence-electron chi connectivity index (χ0n) is 32.3. The summed E-state index contributed by atoms with van der Waals surface area (Å²) in [5.74, 6) is -2.15. The number of esters is 2. The minimum Gasteiger partial charge on any atom is -0.463 e. The summed E-state index contributed by atoms with van der Waals surface area (Å²) in [6.07, 6.45) is -4.42. The molecule has 17 nitrogen and oxygen atoms in total. The van der Waals surface area contributed by atoms with Crippen LogP contribution in [0.1, 0.15) is 65.0 Å². The number of azide groups is 1. The number of aliphatic hydroxyl groups is 1. The lowest BCUT2D eigenvalue weighted by atomic mass is 9.88. The second-order valence-electron chi connectivity index (χ2n) is 13.6. The fourth-order valence-corrected chi connectivity index (χ4v) is 6.50. The van der Waals surface area contributed by atoms with Crippen LogP contribution in [0.2, 0.25) is 0 Å². The van der Waals surface area contributed by atoms with E-state index in [1.165, 1.54) is 13.8 Å². The second-order valence-corrected chi connectivity index (χ2v) is 13.6. The van der Waals surface area contributed by atoms with Crippen LogP contribution in [0.5, 0.6) is 0 Å². The van der Waals surface area contributed by atoms with E-state index in [0.29, 0.717) is 32.4 Å². The molecule has 2 aromatic carbocycles. The van der Waals surface area contributed by atoms with E-state index in [2.05, 4.69) is 10.0 Å². The number of carbonyl (C=O) groups excluding carboxylic acids is 5. The summed E-state index contributed by atoms with van der Waals surface area (Å²) in [4.78, 5) is 57.8. The molecule has 2 heterocycles. The number of amides is 1. The number of hydrogen-bond donors (Lipinski definition) is 1. The molecule has 0 aliphatic carbocycles. The lowest BCUT2D eigenvalue weighted by Gasteiger charge is -2.47. The van der Waals surface area contributed by atoms with E-state index in [-0.39, 0.29) is 26.0 Å². The molecule has 0 saturated carbocycles. The number of aliphatic hydroxyl groups excluding tert-OH is 1. The van der Waals surface area contributed by atoms with Gasteiger partial charge >= 0.3 is 24.2 Å². The van der Waals surface area contributed by atoms with Gasteiger partial charge in [-0.2, -0.15) is 9.59 Å². The summed E-state index contributed by atoms with van der Waals surface area (Å²) in [6.45, 7) is 8.86. The maximum Gasteiger partial charge on any atom is 0.410 e. The fourth-order valence-electron chi connectivity index (χ4n) is 6.50. The third-order valence-electron chi connectivity index (χ3n) is 9.43. The summed E-state index contributed by atoms with van der Waals surface area (Å²) >= 11 is 0. The molecule has 0 radical (unpaired) electrons. The molecule has 306 valence electrons. The Balaban J connectivity index is 0.00000271. The Labute approximate surface area is 326 Å². The minimum absolute atomic E-state index is 0.178. The lowest BCUT2D eigenvalue weighted by molar-refractivity contribution is -0.332. The predicted octanol–water partition coefficient (Wildman–Crippen LogP) is 5.09. The van der Waals surface area contributed by atoms with Gasteiger partial charge in [0.2, 0.25) is 0 Å². The summed E-state index contributed by atoms with van der Waals surface area (Å²) in [5, 5.41) is 14.6. The van der Waals surface area contributed by atoms with Gasteiger partial charge in [-0.3, -0.25) is 9.59 Å². The van der Waals surface area contributed by atoms with Gasteiger partial charge in [-0.25, -0.2) is 4.79 Å². The Morgan fingerprint density at radius 2 is 1.50 bits per heavy atom. The largest absolute Gasteiger partial charge is 0.463 e. The van der Waals surface area contributed by atoms with E-state index < -0.39 is 79.0 Å². The third-order valence-corrected chi connectivity index (χ3v) is 9.43. The molecule has 4 unspecified atom stereocenters. The van der Waals surface area contributed by atoms with Gasteiger partial charge in [0.1, 0.15) is 19.3 Å². The van der Waals surface area contributed by atoms with Crippen LogP contribution >= 0.6 is 0 Å². The van der Waals surface area contributed by atoms with Crippen LogP contribution in [0, 0.1) is 11.8 Å². The van der Waals surface area contributed by atoms with Crippen molar-refractivity contribution >= 4 is 24.2 Å². The van der Waals surface area contributed by atoms with Crippen molar-refractivity contribution < 1.29 is 62.2 Å². The van der Waals surface area contributed by atoms with Gasteiger partial charge in [0, 0.05) is 44.4 Å². The maximum absolute atomic E-state index is 13.1. The molecule has 2 aliphatic rings. The topological polar surface area (TPSA) is 222 Å². The standard InChI is InChI=1S/C38H52N4O11.CO2/c1-24-32(40-41-39)36(52-31(23-48-27(4)43)34(24)53-37-35(51-28(5)44)25(2)33(45)26(3)50-37)47-20-14-8-13-19-42(21-29-15-9-6-10-16-29)38(46)49-22-30-17-11-7-12-18-30;2-1-3/h6-7,9-12,15-18,24-26,31-37,45H,8,13-14,19-23H2,1-5H3;/t24-,25+,26?,31?,32?,33+,34+,35?,36+,37+;/m1./s1. The molecule has 56 heavy (non-hydrogen) atoms. The zero-order valence-corrected chi connectivity index (χ0v) is 32.3. The first kappa shape index (κ1) is 45.5. The van der Waals surface area contributed by atoms with Crippen molar-refractivity contribution in [1.29, 1.82) is 0 Å². The molecule has 2 saturated heterocycles. The Bertz CT molecular complexity index is 1590. The Morgan fingerprint density at radius 3 is 2.11 bits per heavy atom. The number of nitrogens with zero attached hydrogens (tertiary/aromatic N) is 4. The van der Waals surface area contributed by atoms with Crippen molar-refractivity contribution in [3.05, 3.63) is 82.2 Å². The van der Waals surface area contributed by atoms with Gasteiger partial charge in [0.05, 0.1) is 24.4 Å². The molecule has 2 aromatic rings. The van der Waals surface area contributed by atoms with Gasteiger partial charge in [0.25, 0.3) is 0 Å². The molecule has 4 rings (SSSR count). The Morgan fingerprint density at radius 1 is 0.857 bits per heavy atom. The molecule has 17 heteroatoms. The molecular weight excluding hydrogens is 732 g/mol. The summed E-state index contributed by atoms with van der Waals surface area (Å²) in [7, 11) is 0. The molecule has 0 bridgehead atoms. The zero-order chi connectivity index (χ0) is 41.0. The average molecular weight is 785 g/mol. The highest BCUT2D eigenvalue weighted by molar-refractivity contribution is 5.67. The predicted molar refractivity (Wildman–Crippen MR) is 196 cm³/mol. The van der Waals surface area contributed by atoms with Crippen molar-refractivity contribution in [1.82, 2.24) is 4.90 Å². The fraction of sp³-hybridized carbons (Fsp3) is 0.590. The van der Waals surface area contributed by atoms with Crippen LogP contribution in [0.15, 0.2) is 65.8 Å². The van der Waals surface area contributed by atoms with Gasteiger partial charge in [-0.1, -0.05) is 79.6 Å². The van der Waals surface area contributed by atoms with Crippen molar-refractivity contribution in [2.45, 2.75) is 116 Å². The van der Waals surface area contributed by atoms with E-state index in [1.807, 2.05) is 60.7 Å². The van der Waals surface area contributed by atoms with Crippen molar-refractivity contribution in [2.24, 2.45) is 17.0 Å². The normalized spacial score (nSPS) is 26.9. The summed E-state index contributed by atoms with van der Waals surface area (Å²) in [5.41, 5.74) is 11.4. The SMILES string of the molecule is CC(=O)OCC1O[C@H](OCCCCCN(Cc2ccccc2)C(=O)OCc2ccccc2)C(N=[N+]=[N-])[C@@H](C)[C@@H]1O[C@@H]1OC(C)[C@@H](O)[C@H](C)C1OC(C)=O.O=C=O. The first-order valence-corrected chi connectivity index (χ1v) is 18.5. The van der Waals surface area contributed by atoms with Gasteiger partial charge in [0.15, 0.2) is 18.7 Å². The highest BCUT2D eigenvalue weighted by Gasteiger charge is 2.50. The average Bonchev–Trinajstić information content (AvgIpc) is 3.17. The number of benzene rings is 2. The molecule has 10 atom stereocenters. The van der Waals surface area contributed by atoms with Crippen molar-refractivity contribution in [2.75, 3.05) is 19.8 Å². The Hall–Kier alpha value is -4.86. The van der Waals surface area contributed by atoms with E-state index in [1.54, 1.807) is 25.7 Å². The maximum atomic E-state index is 13.1. The number of ether oxygens (including phenoxy) is 7. The molecule has 2 fully saturated rings. The smallest absolute Gasteiger partial charge is 0.410 e. The third kappa shape index (κ3) is 14.3. The summed E-state index contributed by atoms with van der Waals surface area (Å²) in [6, 6.07) is 18.4. The van der Waals surface area contributed by atoms with Gasteiger partial charge in [-0.05, 0) is 48.8 Å². The molecule has 2 aliphatic heterocycles. The molecule has 0 spiro atoms. The molecular formula is C39H52N4O13. The van der Waals surface area contributed by atoms with Crippen LogP contribution in [0.4, 0.5) is 4.79 Å². The number of rotatable bonds is 17. The van der Waals surface area contributed by atoms with Crippen LogP contribution in [0.3, 0.4) is 0 Å². The van der Waals surface area contributed by atoms with Gasteiger partial charge in [-0.15, -0.1) is 0 Å². The highest BCUT2D eigenvalue weighted by atomic mass is 16.7. The molecule has 1 amide bonds. The van der Waals surface area contributed by atoms with Crippen LogP contribution < -0.4 is 0 Å².